The molecule has 0 radical (unpaired) electrons. The third kappa shape index (κ3) is 13.9. The van der Waals surface area contributed by atoms with Crippen molar-refractivity contribution in [1.82, 2.24) is 60.6 Å². The molecule has 73 heavy (non-hydrogen) atoms. The number of aromatic nitrogens is 6. The van der Waals surface area contributed by atoms with Gasteiger partial charge in [0.2, 0.25) is 23.0 Å². The number of carbonyl (C=O) groups is 4. The molecule has 2 aliphatic heterocycles. The molecule has 6 heterocycles. The van der Waals surface area contributed by atoms with Crippen LogP contribution in [-0.2, 0) is 9.59 Å². The highest BCUT2D eigenvalue weighted by Gasteiger charge is 2.29. The number of para-hydroxylation sites is 2. The summed E-state index contributed by atoms with van der Waals surface area (Å²) in [6, 6.07) is 16.7. The van der Waals surface area contributed by atoms with Crippen molar-refractivity contribution in [2.75, 3.05) is 63.0 Å². The molecule has 5 amide bonds. The summed E-state index contributed by atoms with van der Waals surface area (Å²) in [7, 11) is 0. The minimum Gasteiger partial charge on any atom is -0.360 e. The first-order chi connectivity index (χ1) is 35.5. The maximum absolute atomic E-state index is 12.8. The highest BCUT2D eigenvalue weighted by molar-refractivity contribution is 6.66. The molecule has 2 unspecified atom stereocenters. The maximum atomic E-state index is 12.8. The lowest BCUT2D eigenvalue weighted by Gasteiger charge is -2.36. The van der Waals surface area contributed by atoms with E-state index in [2.05, 4.69) is 65.7 Å². The molecular weight excluding hydrogens is 991 g/mol. The number of aromatic amines is 2. The average molecular weight is 1050 g/mol. The van der Waals surface area contributed by atoms with Gasteiger partial charge in [0.05, 0.1) is 33.8 Å². The van der Waals surface area contributed by atoms with Gasteiger partial charge in [0.1, 0.15) is 0 Å². The van der Waals surface area contributed by atoms with Crippen molar-refractivity contribution in [3.63, 3.8) is 0 Å². The van der Waals surface area contributed by atoms with Crippen molar-refractivity contribution in [2.24, 2.45) is 0 Å². The molecule has 2 aromatic carbocycles. The summed E-state index contributed by atoms with van der Waals surface area (Å²) >= 11 is 17.6. The van der Waals surface area contributed by atoms with Crippen LogP contribution in [0.2, 0.25) is 10.0 Å². The summed E-state index contributed by atoms with van der Waals surface area (Å²) in [4.78, 5) is 76.9. The van der Waals surface area contributed by atoms with Crippen LogP contribution in [0.15, 0.2) is 98.6 Å². The second kappa shape index (κ2) is 25.3. The van der Waals surface area contributed by atoms with Crippen LogP contribution in [0.3, 0.4) is 0 Å². The standard InChI is InChI=1S/C26H30ClN7O2.C23H28ClN7O.C3H3ClO/c1-2-23(35)33-10-12-34(13-11-33)26(36)31-18-7-5-6-17(14-18)30-25-29-16-21(27)24(32-25)20-15-28-22-9-4-3-8-19(20)22;24-19-14-27-22(30-21(19)18-13-26-20-7-2-1-6-17(18)20)28-15-4-3-5-16(12-15)29-23(32)31-10-8-25-9-11-31;1-2-3(4)5/h2-4,8-9,15-18,28H,1,5-7,10-14H2,(H,31,36)(H,29,30,32);1-2,6-7,13-16,25-26H,3-5,8-12H2,(H,29,32)(H,27,28,30);2H,1H2/t17?,18-;15?,16-;/m00./s1. The number of hydrogen-bond donors (Lipinski definition) is 7. The quantitative estimate of drug-likeness (QED) is 0.0509. The molecule has 4 fully saturated rings. The van der Waals surface area contributed by atoms with Crippen molar-refractivity contribution in [2.45, 2.75) is 75.5 Å². The van der Waals surface area contributed by atoms with Crippen LogP contribution in [0.1, 0.15) is 51.4 Å². The Bertz CT molecular complexity index is 2900. The Morgan fingerprint density at radius 1 is 0.603 bits per heavy atom. The fourth-order valence-electron chi connectivity index (χ4n) is 9.71. The van der Waals surface area contributed by atoms with E-state index in [0.717, 1.165) is 117 Å². The largest absolute Gasteiger partial charge is 0.360 e. The van der Waals surface area contributed by atoms with E-state index < -0.39 is 5.24 Å². The van der Waals surface area contributed by atoms with E-state index in [1.807, 2.05) is 59.8 Å². The molecule has 18 nitrogen and oxygen atoms in total. The monoisotopic (exact) mass is 1050 g/mol. The predicted molar refractivity (Wildman–Crippen MR) is 289 cm³/mol. The molecule has 0 spiro atoms. The third-order valence-corrected chi connectivity index (χ3v) is 14.2. The van der Waals surface area contributed by atoms with Gasteiger partial charge in [0.15, 0.2) is 0 Å². The fraction of sp³-hybridized carbons (Fsp3) is 0.385. The van der Waals surface area contributed by atoms with Gasteiger partial charge in [0.25, 0.3) is 0 Å². The molecule has 4 atom stereocenters. The number of benzene rings is 2. The Balaban J connectivity index is 0.000000179. The van der Waals surface area contributed by atoms with Crippen LogP contribution >= 0.6 is 34.8 Å². The number of nitrogens with zero attached hydrogens (tertiary/aromatic N) is 7. The van der Waals surface area contributed by atoms with Crippen molar-refractivity contribution < 1.29 is 19.2 Å². The number of anilines is 2. The Morgan fingerprint density at radius 3 is 1.48 bits per heavy atom. The lowest BCUT2D eigenvalue weighted by Crippen LogP contribution is -2.55. The number of hydrogen-bond acceptors (Lipinski definition) is 11. The predicted octanol–water partition coefficient (Wildman–Crippen LogP) is 8.60. The molecule has 0 bridgehead atoms. The lowest BCUT2D eigenvalue weighted by atomic mass is 9.91. The second-order valence-corrected chi connectivity index (χ2v) is 19.5. The Morgan fingerprint density at radius 2 is 1.03 bits per heavy atom. The molecule has 10 rings (SSSR count). The number of halogens is 3. The first-order valence-electron chi connectivity index (χ1n) is 24.7. The number of amides is 5. The molecule has 4 aliphatic rings. The molecule has 2 aliphatic carbocycles. The average Bonchev–Trinajstić information content (AvgIpc) is 4.05. The summed E-state index contributed by atoms with van der Waals surface area (Å²) in [5, 5.41) is 19.2. The first kappa shape index (κ1) is 52.6. The highest BCUT2D eigenvalue weighted by Crippen LogP contribution is 2.34. The number of urea groups is 2. The van der Waals surface area contributed by atoms with Gasteiger partial charge in [-0.05, 0) is 87.3 Å². The van der Waals surface area contributed by atoms with Crippen LogP contribution < -0.4 is 26.6 Å². The maximum Gasteiger partial charge on any atom is 0.317 e. The number of nitrogens with one attached hydrogen (secondary N) is 7. The van der Waals surface area contributed by atoms with Gasteiger partial charge in [-0.25, -0.2) is 29.5 Å². The van der Waals surface area contributed by atoms with Gasteiger partial charge >= 0.3 is 12.1 Å². The summed E-state index contributed by atoms with van der Waals surface area (Å²) in [5.74, 6) is 1.00. The van der Waals surface area contributed by atoms with E-state index in [-0.39, 0.29) is 42.1 Å². The van der Waals surface area contributed by atoms with Gasteiger partial charge in [-0.15, -0.1) is 0 Å². The zero-order chi connectivity index (χ0) is 51.3. The summed E-state index contributed by atoms with van der Waals surface area (Å²) < 4.78 is 0. The highest BCUT2D eigenvalue weighted by atomic mass is 35.5. The molecule has 384 valence electrons. The topological polar surface area (TPSA) is 221 Å². The number of allylic oxidation sites excluding steroid dienone is 1. The van der Waals surface area contributed by atoms with Crippen LogP contribution in [0, 0.1) is 0 Å². The Labute approximate surface area is 439 Å². The van der Waals surface area contributed by atoms with E-state index in [1.54, 1.807) is 22.2 Å². The lowest BCUT2D eigenvalue weighted by molar-refractivity contribution is -0.127. The third-order valence-electron chi connectivity index (χ3n) is 13.5. The zero-order valence-electron chi connectivity index (χ0n) is 40.5. The Kier molecular flexibility index (Phi) is 18.2. The number of piperazine rings is 2. The molecule has 2 saturated carbocycles. The van der Waals surface area contributed by atoms with Crippen molar-refractivity contribution in [1.29, 1.82) is 0 Å². The molecule has 7 N–H and O–H groups in total. The zero-order valence-corrected chi connectivity index (χ0v) is 42.8. The smallest absolute Gasteiger partial charge is 0.317 e. The SMILES string of the molecule is C=CC(=O)Cl.C=CC(=O)N1CCN(C(=O)N[C@H]2CCCC(Nc3ncc(Cl)c(-c4c[nH]c5ccccc45)n3)C2)CC1.O=C(N[C@H]1CCCC(Nc2ncc(Cl)c(-c3c[nH]c4ccccc34)n2)C1)N1CCNCC1. The van der Waals surface area contributed by atoms with Crippen LogP contribution in [0.5, 0.6) is 0 Å². The van der Waals surface area contributed by atoms with Crippen LogP contribution in [-0.4, -0.2) is 144 Å². The van der Waals surface area contributed by atoms with Gasteiger partial charge in [-0.1, -0.05) is 72.8 Å². The van der Waals surface area contributed by atoms with E-state index in [9.17, 15) is 19.2 Å². The van der Waals surface area contributed by atoms with Crippen molar-refractivity contribution >= 4 is 91.7 Å². The number of carbonyl (C=O) groups excluding carboxylic acids is 4. The first-order valence-corrected chi connectivity index (χ1v) is 25.9. The molecule has 4 aromatic heterocycles. The summed E-state index contributed by atoms with van der Waals surface area (Å²) in [6.07, 6.45) is 17.1. The Hall–Kier alpha value is -6.73. The van der Waals surface area contributed by atoms with Gasteiger partial charge in [0, 0.05) is 122 Å². The molecular formula is C52H61Cl3N14O4. The molecule has 21 heteroatoms. The van der Waals surface area contributed by atoms with Gasteiger partial charge in [-0.2, -0.15) is 0 Å². The normalized spacial score (nSPS) is 19.8. The van der Waals surface area contributed by atoms with Crippen molar-refractivity contribution in [3.8, 4) is 22.5 Å². The second-order valence-electron chi connectivity index (χ2n) is 18.3. The minimum atomic E-state index is -0.509. The molecule has 6 aromatic rings. The number of H-pyrrole nitrogens is 2. The minimum absolute atomic E-state index is 0.0431. The summed E-state index contributed by atoms with van der Waals surface area (Å²) in [5.41, 5.74) is 5.35. The van der Waals surface area contributed by atoms with Crippen molar-refractivity contribution in [3.05, 3.63) is 109 Å². The number of fused-ring (bicyclic) bond motifs is 2. The van der Waals surface area contributed by atoms with E-state index in [4.69, 9.17) is 44.8 Å². The van der Waals surface area contributed by atoms with Crippen LogP contribution in [0.4, 0.5) is 21.5 Å². The van der Waals surface area contributed by atoms with E-state index in [1.165, 1.54) is 6.08 Å². The fourth-order valence-corrected chi connectivity index (χ4v) is 10.1. The van der Waals surface area contributed by atoms with E-state index >= 15 is 0 Å². The van der Waals surface area contributed by atoms with Crippen LogP contribution in [0.25, 0.3) is 44.3 Å². The molecule has 2 saturated heterocycles. The summed E-state index contributed by atoms with van der Waals surface area (Å²) in [6.45, 7) is 11.9. The van der Waals surface area contributed by atoms with E-state index in [0.29, 0.717) is 59.5 Å². The van der Waals surface area contributed by atoms with Gasteiger partial charge in [-0.3, -0.25) is 9.59 Å². The number of rotatable bonds is 10. The van der Waals surface area contributed by atoms with Gasteiger partial charge < -0.3 is 51.3 Å².